The minimum atomic E-state index is 0.549. The number of ether oxygens (including phenoxy) is 2. The Labute approximate surface area is 202 Å². The van der Waals surface area contributed by atoms with Crippen molar-refractivity contribution in [2.24, 2.45) is 0 Å². The minimum absolute atomic E-state index is 0.549. The Morgan fingerprint density at radius 1 is 0.853 bits per heavy atom. The molecule has 0 N–H and O–H groups in total. The van der Waals surface area contributed by atoms with Gasteiger partial charge < -0.3 is 18.8 Å². The summed E-state index contributed by atoms with van der Waals surface area (Å²) in [5, 5.41) is 0. The second kappa shape index (κ2) is 10.9. The molecule has 1 heterocycles. The van der Waals surface area contributed by atoms with Crippen molar-refractivity contribution < 1.29 is 13.9 Å². The Morgan fingerprint density at radius 3 is 2.18 bits per heavy atom. The molecule has 0 unspecified atom stereocenters. The smallest absolute Gasteiger partial charge is 0.226 e. The Balaban J connectivity index is 1.31. The van der Waals surface area contributed by atoms with Crippen LogP contribution in [0.5, 0.6) is 11.5 Å². The van der Waals surface area contributed by atoms with Crippen LogP contribution in [0.3, 0.4) is 0 Å². The maximum Gasteiger partial charge on any atom is 0.226 e. The zero-order valence-corrected chi connectivity index (χ0v) is 20.4. The molecule has 3 aromatic carbocycles. The second-order valence-corrected chi connectivity index (χ2v) is 8.34. The highest BCUT2D eigenvalue weighted by molar-refractivity contribution is 5.54. The van der Waals surface area contributed by atoms with Gasteiger partial charge in [0.1, 0.15) is 17.3 Å². The third kappa shape index (κ3) is 5.79. The quantitative estimate of drug-likeness (QED) is 0.269. The van der Waals surface area contributed by atoms with Crippen LogP contribution < -0.4 is 14.4 Å². The van der Waals surface area contributed by atoms with Crippen molar-refractivity contribution in [3.05, 3.63) is 95.4 Å². The van der Waals surface area contributed by atoms with Crippen molar-refractivity contribution in [3.63, 3.8) is 0 Å². The zero-order valence-electron chi connectivity index (χ0n) is 20.4. The molecule has 0 aliphatic heterocycles. The monoisotopic (exact) mass is 456 g/mol. The molecule has 0 amide bonds. The summed E-state index contributed by atoms with van der Waals surface area (Å²) >= 11 is 0. The number of hydrogen-bond acceptors (Lipinski definition) is 5. The lowest BCUT2D eigenvalue weighted by Gasteiger charge is -2.23. The van der Waals surface area contributed by atoms with E-state index in [0.29, 0.717) is 18.9 Å². The topological polar surface area (TPSA) is 47.7 Å². The van der Waals surface area contributed by atoms with Gasteiger partial charge in [-0.1, -0.05) is 29.8 Å². The van der Waals surface area contributed by atoms with Crippen molar-refractivity contribution in [2.75, 3.05) is 25.2 Å². The molecular formula is C29H32N2O3. The summed E-state index contributed by atoms with van der Waals surface area (Å²) in [7, 11) is 1.69. The highest BCUT2D eigenvalue weighted by Crippen LogP contribution is 2.24. The summed E-state index contributed by atoms with van der Waals surface area (Å²) < 4.78 is 17.1. The van der Waals surface area contributed by atoms with Crippen LogP contribution >= 0.6 is 0 Å². The first kappa shape index (κ1) is 23.4. The first-order valence-electron chi connectivity index (χ1n) is 11.7. The highest BCUT2D eigenvalue weighted by Gasteiger charge is 2.12. The number of methoxy groups -OCH3 is 1. The van der Waals surface area contributed by atoms with Crippen LogP contribution in [-0.4, -0.2) is 25.2 Å². The maximum atomic E-state index is 5.98. The molecule has 0 saturated carbocycles. The average molecular weight is 457 g/mol. The third-order valence-electron chi connectivity index (χ3n) is 5.91. The second-order valence-electron chi connectivity index (χ2n) is 8.34. The summed E-state index contributed by atoms with van der Waals surface area (Å²) in [5.74, 6) is 3.23. The van der Waals surface area contributed by atoms with Crippen LogP contribution in [-0.2, 0) is 13.0 Å². The van der Waals surface area contributed by atoms with Crippen molar-refractivity contribution in [1.82, 2.24) is 4.98 Å². The van der Waals surface area contributed by atoms with Gasteiger partial charge in [0.2, 0.25) is 5.89 Å². The summed E-state index contributed by atoms with van der Waals surface area (Å²) in [5.41, 5.74) is 5.56. The summed E-state index contributed by atoms with van der Waals surface area (Å²) in [6.45, 7) is 8.50. The number of benzene rings is 3. The van der Waals surface area contributed by atoms with Gasteiger partial charge in [-0.25, -0.2) is 4.98 Å². The fraction of sp³-hybridized carbons (Fsp3) is 0.276. The van der Waals surface area contributed by atoms with Gasteiger partial charge in [0.05, 0.1) is 19.4 Å². The first-order chi connectivity index (χ1) is 16.6. The van der Waals surface area contributed by atoms with Crippen LogP contribution in [0.25, 0.3) is 11.5 Å². The van der Waals surface area contributed by atoms with Gasteiger partial charge in [-0.15, -0.1) is 0 Å². The molecule has 0 spiro atoms. The SMILES string of the molecule is CCN(Cc1ccc(OCCc2nc(-c3ccc(C)cc3)oc2C)cc1)c1ccc(OC)cc1. The molecule has 4 rings (SSSR count). The standard InChI is InChI=1S/C29H32N2O3/c1-5-31(25-12-16-26(32-4)17-13-25)20-23-8-14-27(15-9-23)33-19-18-28-22(3)34-29(30-28)24-10-6-21(2)7-11-24/h6-17H,5,18-20H2,1-4H3. The molecule has 176 valence electrons. The fourth-order valence-corrected chi connectivity index (χ4v) is 3.84. The van der Waals surface area contributed by atoms with Crippen molar-refractivity contribution >= 4 is 5.69 Å². The van der Waals surface area contributed by atoms with E-state index >= 15 is 0 Å². The molecule has 0 aliphatic rings. The molecule has 5 heteroatoms. The first-order valence-corrected chi connectivity index (χ1v) is 11.7. The Kier molecular flexibility index (Phi) is 7.53. The van der Waals surface area contributed by atoms with E-state index in [1.54, 1.807) is 7.11 Å². The van der Waals surface area contributed by atoms with Crippen molar-refractivity contribution in [3.8, 4) is 23.0 Å². The lowest BCUT2D eigenvalue weighted by Crippen LogP contribution is -2.21. The van der Waals surface area contributed by atoms with Crippen LogP contribution in [0.15, 0.2) is 77.2 Å². The number of oxazole rings is 1. The average Bonchev–Trinajstić information content (AvgIpc) is 3.24. The van der Waals surface area contributed by atoms with Crippen molar-refractivity contribution in [2.45, 2.75) is 33.7 Å². The van der Waals surface area contributed by atoms with E-state index in [1.807, 2.05) is 43.3 Å². The molecule has 0 atom stereocenters. The molecule has 0 saturated heterocycles. The van der Waals surface area contributed by atoms with E-state index in [1.165, 1.54) is 16.8 Å². The van der Waals surface area contributed by atoms with E-state index in [-0.39, 0.29) is 0 Å². The molecule has 4 aromatic rings. The summed E-state index contributed by atoms with van der Waals surface area (Å²) in [6.07, 6.45) is 0.698. The van der Waals surface area contributed by atoms with E-state index in [0.717, 1.165) is 41.6 Å². The molecule has 0 bridgehead atoms. The van der Waals surface area contributed by atoms with Gasteiger partial charge in [0.25, 0.3) is 0 Å². The number of anilines is 1. The van der Waals surface area contributed by atoms with Crippen LogP contribution in [0.2, 0.25) is 0 Å². The number of nitrogens with zero attached hydrogens (tertiary/aromatic N) is 2. The third-order valence-corrected chi connectivity index (χ3v) is 5.91. The van der Waals surface area contributed by atoms with E-state index in [2.05, 4.69) is 60.1 Å². The van der Waals surface area contributed by atoms with E-state index in [9.17, 15) is 0 Å². The molecule has 0 fully saturated rings. The summed E-state index contributed by atoms with van der Waals surface area (Å²) in [4.78, 5) is 7.00. The zero-order chi connectivity index (χ0) is 23.9. The maximum absolute atomic E-state index is 5.98. The van der Waals surface area contributed by atoms with Crippen LogP contribution in [0.4, 0.5) is 5.69 Å². The lowest BCUT2D eigenvalue weighted by molar-refractivity contribution is 0.320. The Morgan fingerprint density at radius 2 is 1.53 bits per heavy atom. The summed E-state index contributed by atoms with van der Waals surface area (Å²) in [6, 6.07) is 24.7. The van der Waals surface area contributed by atoms with Gasteiger partial charge in [0.15, 0.2) is 0 Å². The molecule has 5 nitrogen and oxygen atoms in total. The largest absolute Gasteiger partial charge is 0.497 e. The predicted molar refractivity (Wildman–Crippen MR) is 137 cm³/mol. The van der Waals surface area contributed by atoms with Gasteiger partial charge in [-0.05, 0) is 74.9 Å². The Bertz CT molecular complexity index is 1180. The molecule has 1 aromatic heterocycles. The molecule has 0 aliphatic carbocycles. The van der Waals surface area contributed by atoms with Gasteiger partial charge >= 0.3 is 0 Å². The van der Waals surface area contributed by atoms with Crippen LogP contribution in [0.1, 0.15) is 29.5 Å². The van der Waals surface area contributed by atoms with E-state index in [4.69, 9.17) is 13.9 Å². The molecule has 0 radical (unpaired) electrons. The number of aromatic nitrogens is 1. The lowest BCUT2D eigenvalue weighted by atomic mass is 10.1. The van der Waals surface area contributed by atoms with E-state index < -0.39 is 0 Å². The highest BCUT2D eigenvalue weighted by atomic mass is 16.5. The number of aryl methyl sites for hydroxylation is 2. The predicted octanol–water partition coefficient (Wildman–Crippen LogP) is 6.62. The number of rotatable bonds is 10. The Hall–Kier alpha value is -3.73. The number of hydrogen-bond donors (Lipinski definition) is 0. The fourth-order valence-electron chi connectivity index (χ4n) is 3.84. The molecular weight excluding hydrogens is 424 g/mol. The normalized spacial score (nSPS) is 10.8. The van der Waals surface area contributed by atoms with Crippen molar-refractivity contribution in [1.29, 1.82) is 0 Å². The minimum Gasteiger partial charge on any atom is -0.497 e. The van der Waals surface area contributed by atoms with Gasteiger partial charge in [-0.2, -0.15) is 0 Å². The van der Waals surface area contributed by atoms with Gasteiger partial charge in [0, 0.05) is 30.8 Å². The molecule has 34 heavy (non-hydrogen) atoms. The van der Waals surface area contributed by atoms with Gasteiger partial charge in [-0.3, -0.25) is 0 Å². The van der Waals surface area contributed by atoms with Crippen LogP contribution in [0, 0.1) is 13.8 Å².